The number of hydrogen-bond acceptors (Lipinski definition) is 3. The van der Waals surface area contributed by atoms with Crippen molar-refractivity contribution in [3.8, 4) is 0 Å². The van der Waals surface area contributed by atoms with Crippen LogP contribution in [-0.2, 0) is 4.74 Å². The predicted molar refractivity (Wildman–Crippen MR) is 68.1 cm³/mol. The van der Waals surface area contributed by atoms with Crippen LogP contribution in [0.25, 0.3) is 0 Å². The van der Waals surface area contributed by atoms with Crippen LogP contribution in [0.1, 0.15) is 18.0 Å². The van der Waals surface area contributed by atoms with Gasteiger partial charge in [0.1, 0.15) is 0 Å². The van der Waals surface area contributed by atoms with Crippen molar-refractivity contribution in [1.82, 2.24) is 4.90 Å². The Bertz CT molecular complexity index is 360. The minimum absolute atomic E-state index is 0.206. The molecule has 92 valence electrons. The van der Waals surface area contributed by atoms with Gasteiger partial charge in [-0.3, -0.25) is 10.3 Å². The molecule has 3 N–H and O–H groups in total. The summed E-state index contributed by atoms with van der Waals surface area (Å²) in [6.07, 6.45) is 0.587. The van der Waals surface area contributed by atoms with Crippen molar-refractivity contribution >= 4 is 5.84 Å². The number of benzene rings is 1. The van der Waals surface area contributed by atoms with Crippen LogP contribution in [0.3, 0.4) is 0 Å². The highest BCUT2D eigenvalue weighted by Crippen LogP contribution is 2.24. The average Bonchev–Trinajstić information content (AvgIpc) is 2.38. The van der Waals surface area contributed by atoms with E-state index in [1.54, 1.807) is 0 Å². The summed E-state index contributed by atoms with van der Waals surface area (Å²) < 4.78 is 5.36. The first-order valence-electron chi connectivity index (χ1n) is 5.97. The molecule has 0 amide bonds. The van der Waals surface area contributed by atoms with E-state index in [1.165, 1.54) is 5.56 Å². The third-order valence-electron chi connectivity index (χ3n) is 3.08. The molecule has 0 spiro atoms. The van der Waals surface area contributed by atoms with Gasteiger partial charge in [-0.05, 0) is 5.56 Å². The molecule has 0 radical (unpaired) electrons. The zero-order chi connectivity index (χ0) is 12.1. The summed E-state index contributed by atoms with van der Waals surface area (Å²) in [6.45, 7) is 3.35. The predicted octanol–water partition coefficient (Wildman–Crippen LogP) is 1.39. The number of hydrogen-bond donors (Lipinski definition) is 2. The summed E-state index contributed by atoms with van der Waals surface area (Å²) in [4.78, 5) is 2.35. The molecule has 1 aromatic carbocycles. The fourth-order valence-corrected chi connectivity index (χ4v) is 2.23. The highest BCUT2D eigenvalue weighted by molar-refractivity contribution is 5.77. The molecule has 2 rings (SSSR count). The van der Waals surface area contributed by atoms with Crippen LogP contribution in [0.5, 0.6) is 0 Å². The van der Waals surface area contributed by atoms with Crippen LogP contribution in [0.4, 0.5) is 0 Å². The summed E-state index contributed by atoms with van der Waals surface area (Å²) in [5.41, 5.74) is 6.79. The van der Waals surface area contributed by atoms with Crippen molar-refractivity contribution in [2.75, 3.05) is 26.3 Å². The maximum Gasteiger partial charge on any atom is 0.0924 e. The van der Waals surface area contributed by atoms with E-state index < -0.39 is 0 Å². The lowest BCUT2D eigenvalue weighted by molar-refractivity contribution is 0.0174. The van der Waals surface area contributed by atoms with Crippen LogP contribution in [0, 0.1) is 5.41 Å². The number of ether oxygens (including phenoxy) is 1. The normalized spacial score (nSPS) is 18.8. The minimum Gasteiger partial charge on any atom is -0.388 e. The van der Waals surface area contributed by atoms with Gasteiger partial charge in [-0.15, -0.1) is 0 Å². The van der Waals surface area contributed by atoms with Crippen molar-refractivity contribution in [2.24, 2.45) is 5.73 Å². The highest BCUT2D eigenvalue weighted by Gasteiger charge is 2.22. The van der Waals surface area contributed by atoms with Gasteiger partial charge in [-0.1, -0.05) is 30.3 Å². The fourth-order valence-electron chi connectivity index (χ4n) is 2.23. The Balaban J connectivity index is 2.15. The van der Waals surface area contributed by atoms with E-state index in [0.717, 1.165) is 26.3 Å². The zero-order valence-electron chi connectivity index (χ0n) is 9.93. The highest BCUT2D eigenvalue weighted by atomic mass is 16.5. The molecule has 1 aliphatic rings. The summed E-state index contributed by atoms with van der Waals surface area (Å²) in [7, 11) is 0. The van der Waals surface area contributed by atoms with Crippen molar-refractivity contribution in [3.05, 3.63) is 35.9 Å². The van der Waals surface area contributed by atoms with Gasteiger partial charge in [0.05, 0.1) is 19.0 Å². The molecule has 17 heavy (non-hydrogen) atoms. The van der Waals surface area contributed by atoms with Crippen molar-refractivity contribution in [2.45, 2.75) is 12.5 Å². The number of morpholine rings is 1. The Hall–Kier alpha value is -1.39. The van der Waals surface area contributed by atoms with E-state index in [1.807, 2.05) is 18.2 Å². The second kappa shape index (κ2) is 5.80. The largest absolute Gasteiger partial charge is 0.388 e. The first kappa shape index (κ1) is 12.1. The molecule has 1 saturated heterocycles. The molecule has 1 aromatic rings. The van der Waals surface area contributed by atoms with Crippen LogP contribution in [0.15, 0.2) is 30.3 Å². The molecule has 0 bridgehead atoms. The molecular weight excluding hydrogens is 214 g/mol. The topological polar surface area (TPSA) is 62.3 Å². The molecule has 1 fully saturated rings. The first-order valence-corrected chi connectivity index (χ1v) is 5.97. The average molecular weight is 233 g/mol. The second-order valence-electron chi connectivity index (χ2n) is 4.30. The Labute approximate surface area is 102 Å². The molecule has 1 aliphatic heterocycles. The zero-order valence-corrected chi connectivity index (χ0v) is 9.93. The molecule has 1 unspecified atom stereocenters. The number of nitrogens with one attached hydrogen (secondary N) is 1. The lowest BCUT2D eigenvalue weighted by atomic mass is 10.0. The third-order valence-corrected chi connectivity index (χ3v) is 3.08. The van der Waals surface area contributed by atoms with Crippen molar-refractivity contribution in [1.29, 1.82) is 5.41 Å². The van der Waals surface area contributed by atoms with E-state index in [0.29, 0.717) is 6.42 Å². The molecule has 4 heteroatoms. The van der Waals surface area contributed by atoms with E-state index in [4.69, 9.17) is 15.9 Å². The van der Waals surface area contributed by atoms with Gasteiger partial charge >= 0.3 is 0 Å². The summed E-state index contributed by atoms with van der Waals surface area (Å²) in [6, 6.07) is 10.5. The summed E-state index contributed by atoms with van der Waals surface area (Å²) in [5, 5.41) is 7.51. The first-order chi connectivity index (χ1) is 8.27. The molecular formula is C13H19N3O. The van der Waals surface area contributed by atoms with Gasteiger partial charge in [0.25, 0.3) is 0 Å². The summed E-state index contributed by atoms with van der Waals surface area (Å²) >= 11 is 0. The third kappa shape index (κ3) is 3.28. The van der Waals surface area contributed by atoms with Crippen LogP contribution < -0.4 is 5.73 Å². The van der Waals surface area contributed by atoms with E-state index in [2.05, 4.69) is 17.0 Å². The summed E-state index contributed by atoms with van der Waals surface area (Å²) in [5.74, 6) is 0.241. The molecule has 0 aliphatic carbocycles. The standard InChI is InChI=1S/C13H19N3O/c14-13(15)10-12(11-4-2-1-3-5-11)16-6-8-17-9-7-16/h1-5,12H,6-10H2,(H3,14,15). The Morgan fingerprint density at radius 1 is 1.29 bits per heavy atom. The molecule has 1 heterocycles. The van der Waals surface area contributed by atoms with Gasteiger partial charge < -0.3 is 10.5 Å². The lowest BCUT2D eigenvalue weighted by Gasteiger charge is -2.34. The monoisotopic (exact) mass is 233 g/mol. The van der Waals surface area contributed by atoms with Crippen molar-refractivity contribution in [3.63, 3.8) is 0 Å². The minimum atomic E-state index is 0.206. The number of rotatable bonds is 4. The van der Waals surface area contributed by atoms with E-state index >= 15 is 0 Å². The van der Waals surface area contributed by atoms with Crippen molar-refractivity contribution < 1.29 is 4.74 Å². The van der Waals surface area contributed by atoms with Gasteiger partial charge in [0.2, 0.25) is 0 Å². The molecule has 1 atom stereocenters. The van der Waals surface area contributed by atoms with Gasteiger partial charge in [0.15, 0.2) is 0 Å². The Morgan fingerprint density at radius 2 is 1.94 bits per heavy atom. The Kier molecular flexibility index (Phi) is 4.12. The quantitative estimate of drug-likeness (QED) is 0.610. The molecule has 0 saturated carbocycles. The van der Waals surface area contributed by atoms with Crippen LogP contribution in [-0.4, -0.2) is 37.0 Å². The number of nitrogens with two attached hydrogens (primary N) is 1. The SMILES string of the molecule is N=C(N)CC(c1ccccc1)N1CCOCC1. The molecule has 4 nitrogen and oxygen atoms in total. The van der Waals surface area contributed by atoms with Gasteiger partial charge in [-0.25, -0.2) is 0 Å². The van der Waals surface area contributed by atoms with Gasteiger partial charge in [-0.2, -0.15) is 0 Å². The van der Waals surface area contributed by atoms with Crippen LogP contribution in [0.2, 0.25) is 0 Å². The van der Waals surface area contributed by atoms with E-state index in [9.17, 15) is 0 Å². The smallest absolute Gasteiger partial charge is 0.0924 e. The number of nitrogens with zero attached hydrogens (tertiary/aromatic N) is 1. The molecule has 0 aromatic heterocycles. The maximum absolute atomic E-state index is 7.51. The van der Waals surface area contributed by atoms with Gasteiger partial charge in [0, 0.05) is 25.6 Å². The van der Waals surface area contributed by atoms with Crippen LogP contribution >= 0.6 is 0 Å². The lowest BCUT2D eigenvalue weighted by Crippen LogP contribution is -2.40. The second-order valence-corrected chi connectivity index (χ2v) is 4.30. The Morgan fingerprint density at radius 3 is 2.53 bits per heavy atom. The maximum atomic E-state index is 7.51. The van der Waals surface area contributed by atoms with E-state index in [-0.39, 0.29) is 11.9 Å². The number of amidine groups is 1. The fraction of sp³-hybridized carbons (Fsp3) is 0.462.